The van der Waals surface area contributed by atoms with Crippen LogP contribution in [-0.4, -0.2) is 28.6 Å². The Balaban J connectivity index is 1.69. The predicted molar refractivity (Wildman–Crippen MR) is 145 cm³/mol. The number of pyridine rings is 1. The van der Waals surface area contributed by atoms with Crippen molar-refractivity contribution in [1.29, 1.82) is 0 Å². The van der Waals surface area contributed by atoms with Crippen LogP contribution in [0.5, 0.6) is 17.2 Å². The highest BCUT2D eigenvalue weighted by Crippen LogP contribution is 2.39. The minimum Gasteiger partial charge on any atom is -0.495 e. The van der Waals surface area contributed by atoms with E-state index in [4.69, 9.17) is 9.47 Å². The van der Waals surface area contributed by atoms with Gasteiger partial charge >= 0.3 is 6.03 Å². The van der Waals surface area contributed by atoms with Crippen molar-refractivity contribution in [3.8, 4) is 17.2 Å². The van der Waals surface area contributed by atoms with Crippen molar-refractivity contribution in [1.82, 2.24) is 4.98 Å². The van der Waals surface area contributed by atoms with Crippen LogP contribution in [-0.2, 0) is 16.2 Å². The third-order valence-electron chi connectivity index (χ3n) is 5.69. The molecule has 4 rings (SSSR count). The maximum Gasteiger partial charge on any atom is 0.323 e. The van der Waals surface area contributed by atoms with Crippen molar-refractivity contribution < 1.29 is 18.5 Å². The van der Waals surface area contributed by atoms with Crippen LogP contribution in [0.2, 0.25) is 0 Å². The van der Waals surface area contributed by atoms with Gasteiger partial charge in [-0.3, -0.25) is 9.19 Å². The first kappa shape index (κ1) is 25.2. The van der Waals surface area contributed by atoms with Crippen molar-refractivity contribution in [2.24, 2.45) is 0 Å². The fourth-order valence-electron chi connectivity index (χ4n) is 4.03. The maximum absolute atomic E-state index is 13.3. The largest absolute Gasteiger partial charge is 0.495 e. The van der Waals surface area contributed by atoms with Gasteiger partial charge in [0.25, 0.3) is 0 Å². The number of carbonyl (C=O) groups excluding carboxylic acids is 1. The molecule has 8 heteroatoms. The van der Waals surface area contributed by atoms with Crippen molar-refractivity contribution in [3.63, 3.8) is 0 Å². The van der Waals surface area contributed by atoms with Crippen molar-refractivity contribution in [2.45, 2.75) is 31.1 Å². The van der Waals surface area contributed by atoms with Crippen LogP contribution >= 0.6 is 0 Å². The molecule has 0 aliphatic carbocycles. The third-order valence-corrected chi connectivity index (χ3v) is 6.67. The van der Waals surface area contributed by atoms with Crippen molar-refractivity contribution in [3.05, 3.63) is 78.6 Å². The van der Waals surface area contributed by atoms with Crippen LogP contribution < -0.4 is 20.1 Å². The normalized spacial score (nSPS) is 12.1. The Morgan fingerprint density at radius 3 is 2.19 bits per heavy atom. The summed E-state index contributed by atoms with van der Waals surface area (Å²) in [6.07, 6.45) is 4.90. The van der Waals surface area contributed by atoms with Crippen LogP contribution in [0.15, 0.2) is 78.0 Å². The summed E-state index contributed by atoms with van der Waals surface area (Å²) in [4.78, 5) is 17.7. The number of aromatic nitrogens is 1. The molecule has 0 radical (unpaired) electrons. The number of nitrogens with one attached hydrogen (secondary N) is 2. The van der Waals surface area contributed by atoms with Gasteiger partial charge in [0, 0.05) is 29.4 Å². The number of urea groups is 1. The molecule has 0 fully saturated rings. The highest BCUT2D eigenvalue weighted by Gasteiger charge is 2.26. The zero-order valence-corrected chi connectivity index (χ0v) is 21.7. The number of benzene rings is 3. The van der Waals surface area contributed by atoms with Gasteiger partial charge in [-0.1, -0.05) is 51.1 Å². The van der Waals surface area contributed by atoms with Crippen LogP contribution in [0.25, 0.3) is 10.8 Å². The second-order valence-electron chi connectivity index (χ2n) is 9.24. The molecule has 1 heterocycles. The Labute approximate surface area is 213 Å². The fourth-order valence-corrected chi connectivity index (χ4v) is 4.91. The first-order valence-corrected chi connectivity index (χ1v) is 13.0. The molecule has 0 bridgehead atoms. The van der Waals surface area contributed by atoms with E-state index in [1.165, 1.54) is 7.11 Å². The number of methoxy groups -OCH3 is 1. The molecule has 2 N–H and O–H groups in total. The van der Waals surface area contributed by atoms with E-state index in [2.05, 4.69) is 15.6 Å². The number of anilines is 2. The summed E-state index contributed by atoms with van der Waals surface area (Å²) in [6.45, 7) is 6.11. The third kappa shape index (κ3) is 5.33. The molecular weight excluding hydrogens is 474 g/mol. The van der Waals surface area contributed by atoms with Crippen molar-refractivity contribution in [2.75, 3.05) is 24.0 Å². The van der Waals surface area contributed by atoms with Crippen molar-refractivity contribution >= 4 is 39.0 Å². The molecule has 1 aromatic heterocycles. The second-order valence-corrected chi connectivity index (χ2v) is 10.6. The SMILES string of the molecule is COc1ccc(C(C)(C)C)c(NC(=O)Nc2ccc(Oc3ccncc3)c3ccccc23)c1S(C)=O. The number of carbonyl (C=O) groups is 1. The quantitative estimate of drug-likeness (QED) is 0.305. The molecule has 2 amide bonds. The average Bonchev–Trinajstić information content (AvgIpc) is 2.85. The van der Waals surface area contributed by atoms with Gasteiger partial charge in [-0.2, -0.15) is 0 Å². The molecule has 3 aromatic carbocycles. The molecule has 7 nitrogen and oxygen atoms in total. The molecule has 36 heavy (non-hydrogen) atoms. The maximum atomic E-state index is 13.3. The molecule has 0 saturated heterocycles. The van der Waals surface area contributed by atoms with Gasteiger partial charge in [0.1, 0.15) is 22.1 Å². The summed E-state index contributed by atoms with van der Waals surface area (Å²) < 4.78 is 24.2. The second kappa shape index (κ2) is 10.4. The van der Waals surface area contributed by atoms with Crippen LogP contribution in [0.4, 0.5) is 16.2 Å². The average molecular weight is 504 g/mol. The van der Waals surface area contributed by atoms with Gasteiger partial charge in [0.05, 0.1) is 29.3 Å². The summed E-state index contributed by atoms with van der Waals surface area (Å²) in [7, 11) is 0.129. The first-order chi connectivity index (χ1) is 17.2. The smallest absolute Gasteiger partial charge is 0.323 e. The zero-order valence-electron chi connectivity index (χ0n) is 20.9. The summed E-state index contributed by atoms with van der Waals surface area (Å²) in [5.41, 5.74) is 1.66. The predicted octanol–water partition coefficient (Wildman–Crippen LogP) is 6.71. The first-order valence-electron chi connectivity index (χ1n) is 11.4. The monoisotopic (exact) mass is 503 g/mol. The van der Waals surface area contributed by atoms with Gasteiger partial charge in [-0.25, -0.2) is 4.79 Å². The number of fused-ring (bicyclic) bond motifs is 1. The van der Waals surface area contributed by atoms with E-state index in [-0.39, 0.29) is 5.41 Å². The lowest BCUT2D eigenvalue weighted by Gasteiger charge is -2.26. The molecule has 0 saturated carbocycles. The van der Waals surface area contributed by atoms with E-state index < -0.39 is 16.8 Å². The summed E-state index contributed by atoms with van der Waals surface area (Å²) in [5, 5.41) is 7.57. The van der Waals surface area contributed by atoms with Gasteiger partial charge in [0.15, 0.2) is 0 Å². The Morgan fingerprint density at radius 2 is 1.56 bits per heavy atom. The minimum atomic E-state index is -1.39. The molecule has 1 atom stereocenters. The molecule has 0 aliphatic heterocycles. The van der Waals surface area contributed by atoms with Crippen LogP contribution in [0.1, 0.15) is 26.3 Å². The zero-order chi connectivity index (χ0) is 25.9. The molecule has 0 aliphatic rings. The number of rotatable bonds is 6. The topological polar surface area (TPSA) is 89.6 Å². The molecule has 4 aromatic rings. The number of nitrogens with zero attached hydrogens (tertiary/aromatic N) is 1. The summed E-state index contributed by atoms with van der Waals surface area (Å²) in [6, 6.07) is 18.1. The number of amides is 2. The molecule has 1 unspecified atom stereocenters. The highest BCUT2D eigenvalue weighted by molar-refractivity contribution is 7.84. The van der Waals surface area contributed by atoms with Crippen LogP contribution in [0, 0.1) is 0 Å². The lowest BCUT2D eigenvalue weighted by atomic mass is 9.85. The Hall–Kier alpha value is -3.91. The van der Waals surface area contributed by atoms with Gasteiger partial charge < -0.3 is 20.1 Å². The number of ether oxygens (including phenoxy) is 2. The minimum absolute atomic E-state index is 0.304. The van der Waals surface area contributed by atoms with Gasteiger partial charge in [0.2, 0.25) is 0 Å². The Kier molecular flexibility index (Phi) is 7.26. The van der Waals surface area contributed by atoms with E-state index in [9.17, 15) is 9.00 Å². The lowest BCUT2D eigenvalue weighted by Crippen LogP contribution is -2.24. The van der Waals surface area contributed by atoms with E-state index in [0.717, 1.165) is 16.3 Å². The van der Waals surface area contributed by atoms with E-state index in [0.29, 0.717) is 33.5 Å². The van der Waals surface area contributed by atoms with Gasteiger partial charge in [-0.05, 0) is 41.3 Å². The van der Waals surface area contributed by atoms with E-state index in [1.807, 2.05) is 57.2 Å². The molecule has 0 spiro atoms. The summed E-state index contributed by atoms with van der Waals surface area (Å²) in [5.74, 6) is 1.79. The Bertz CT molecular complexity index is 1430. The summed E-state index contributed by atoms with van der Waals surface area (Å²) >= 11 is 0. The number of hydrogen-bond donors (Lipinski definition) is 2. The molecular formula is C28H29N3O4S. The number of hydrogen-bond acceptors (Lipinski definition) is 5. The highest BCUT2D eigenvalue weighted by atomic mass is 32.2. The standard InChI is InChI=1S/C28H29N3O4S/c1-28(2,3)21-10-12-24(34-4)26(36(5)33)25(21)31-27(32)30-22-11-13-23(20-9-7-6-8-19(20)22)35-18-14-16-29-17-15-18/h6-17H,1-5H3,(H2,30,31,32). The van der Waals surface area contributed by atoms with E-state index in [1.54, 1.807) is 42.9 Å². The molecule has 186 valence electrons. The van der Waals surface area contributed by atoms with E-state index >= 15 is 0 Å². The van der Waals surface area contributed by atoms with Crippen LogP contribution in [0.3, 0.4) is 0 Å². The van der Waals surface area contributed by atoms with Gasteiger partial charge in [-0.15, -0.1) is 0 Å². The lowest BCUT2D eigenvalue weighted by molar-refractivity contribution is 0.262. The fraction of sp³-hybridized carbons (Fsp3) is 0.214. The Morgan fingerprint density at radius 1 is 0.889 bits per heavy atom.